The highest BCUT2D eigenvalue weighted by molar-refractivity contribution is 6.12. The van der Waals surface area contributed by atoms with Gasteiger partial charge in [0.2, 0.25) is 5.95 Å². The monoisotopic (exact) mass is 267 g/mol. The number of amides is 1. The molecule has 20 heavy (non-hydrogen) atoms. The van der Waals surface area contributed by atoms with Crippen molar-refractivity contribution in [2.24, 2.45) is 0 Å². The van der Waals surface area contributed by atoms with Crippen molar-refractivity contribution in [2.45, 2.75) is 0 Å². The van der Waals surface area contributed by atoms with Crippen LogP contribution in [-0.4, -0.2) is 15.9 Å². The molecule has 2 heterocycles. The highest BCUT2D eigenvalue weighted by atomic mass is 19.1. The minimum atomic E-state index is -0.637. The summed E-state index contributed by atoms with van der Waals surface area (Å²) in [5, 5.41) is 3.31. The van der Waals surface area contributed by atoms with Crippen molar-refractivity contribution in [1.29, 1.82) is 0 Å². The van der Waals surface area contributed by atoms with Gasteiger partial charge in [-0.3, -0.25) is 9.78 Å². The smallest absolute Gasteiger partial charge is 0.257 e. The van der Waals surface area contributed by atoms with Crippen LogP contribution >= 0.6 is 0 Å². The number of carbonyl (C=O) groups excluding carboxylic acids is 1. The Balaban J connectivity index is 1.97. The molecule has 4 nitrogen and oxygen atoms in total. The van der Waals surface area contributed by atoms with Gasteiger partial charge in [-0.2, -0.15) is 4.39 Å². The highest BCUT2D eigenvalue weighted by Crippen LogP contribution is 2.17. The van der Waals surface area contributed by atoms with Gasteiger partial charge in [-0.1, -0.05) is 18.2 Å². The van der Waals surface area contributed by atoms with Crippen LogP contribution in [0.3, 0.4) is 0 Å². The van der Waals surface area contributed by atoms with Crippen molar-refractivity contribution in [1.82, 2.24) is 9.97 Å². The number of hydrogen-bond acceptors (Lipinski definition) is 3. The minimum absolute atomic E-state index is 0.177. The van der Waals surface area contributed by atoms with Crippen LogP contribution in [0.4, 0.5) is 10.2 Å². The fraction of sp³-hybridized carbons (Fsp3) is 0. The number of benzene rings is 1. The number of nitrogens with zero attached hydrogens (tertiary/aromatic N) is 2. The SMILES string of the molecule is O=C(Nc1cccc(F)n1)c1cccc2ncccc12. The van der Waals surface area contributed by atoms with Crippen LogP contribution in [0.5, 0.6) is 0 Å². The van der Waals surface area contributed by atoms with E-state index >= 15 is 0 Å². The number of anilines is 1. The molecule has 0 saturated heterocycles. The summed E-state index contributed by atoms with van der Waals surface area (Å²) < 4.78 is 13.0. The van der Waals surface area contributed by atoms with E-state index < -0.39 is 5.95 Å². The lowest BCUT2D eigenvalue weighted by atomic mass is 10.1. The van der Waals surface area contributed by atoms with E-state index in [9.17, 15) is 9.18 Å². The first-order valence-corrected chi connectivity index (χ1v) is 6.02. The van der Waals surface area contributed by atoms with Crippen molar-refractivity contribution in [2.75, 3.05) is 5.32 Å². The molecular formula is C15H10FN3O. The van der Waals surface area contributed by atoms with Gasteiger partial charge in [-0.15, -0.1) is 0 Å². The fourth-order valence-electron chi connectivity index (χ4n) is 1.96. The van der Waals surface area contributed by atoms with Crippen LogP contribution in [-0.2, 0) is 0 Å². The lowest BCUT2D eigenvalue weighted by Crippen LogP contribution is -2.13. The summed E-state index contributed by atoms with van der Waals surface area (Å²) in [6, 6.07) is 13.1. The Kier molecular flexibility index (Phi) is 3.09. The number of carbonyl (C=O) groups is 1. The summed E-state index contributed by atoms with van der Waals surface area (Å²) in [5.41, 5.74) is 1.20. The van der Waals surface area contributed by atoms with Crippen LogP contribution in [0.1, 0.15) is 10.4 Å². The molecule has 1 amide bonds. The molecule has 1 aromatic carbocycles. The summed E-state index contributed by atoms with van der Waals surface area (Å²) in [6.07, 6.45) is 1.66. The maximum atomic E-state index is 13.0. The van der Waals surface area contributed by atoms with Crippen LogP contribution < -0.4 is 5.32 Å². The van der Waals surface area contributed by atoms with Gasteiger partial charge in [-0.25, -0.2) is 4.98 Å². The van der Waals surface area contributed by atoms with Crippen molar-refractivity contribution in [3.63, 3.8) is 0 Å². The standard InChI is InChI=1S/C15H10FN3O/c16-13-7-2-8-14(18-13)19-15(20)11-4-1-6-12-10(11)5-3-9-17-12/h1-9H,(H,18,19,20). The first-order chi connectivity index (χ1) is 9.74. The van der Waals surface area contributed by atoms with E-state index in [1.165, 1.54) is 18.2 Å². The summed E-state index contributed by atoms with van der Waals surface area (Å²) >= 11 is 0. The third-order valence-corrected chi connectivity index (χ3v) is 2.85. The Morgan fingerprint density at radius 3 is 2.75 bits per heavy atom. The fourth-order valence-corrected chi connectivity index (χ4v) is 1.96. The van der Waals surface area contributed by atoms with E-state index in [1.54, 1.807) is 24.4 Å². The molecule has 1 N–H and O–H groups in total. The van der Waals surface area contributed by atoms with E-state index in [1.807, 2.05) is 12.1 Å². The maximum Gasteiger partial charge on any atom is 0.257 e. The van der Waals surface area contributed by atoms with E-state index in [-0.39, 0.29) is 11.7 Å². The Hall–Kier alpha value is -2.82. The van der Waals surface area contributed by atoms with Gasteiger partial charge in [0.1, 0.15) is 5.82 Å². The van der Waals surface area contributed by atoms with Crippen LogP contribution in [0.25, 0.3) is 10.9 Å². The molecule has 3 rings (SSSR count). The van der Waals surface area contributed by atoms with Crippen LogP contribution in [0.2, 0.25) is 0 Å². The van der Waals surface area contributed by atoms with Crippen molar-refractivity contribution in [3.8, 4) is 0 Å². The van der Waals surface area contributed by atoms with Gasteiger partial charge in [-0.05, 0) is 30.3 Å². The van der Waals surface area contributed by atoms with Crippen molar-refractivity contribution in [3.05, 3.63) is 66.2 Å². The largest absolute Gasteiger partial charge is 0.306 e. The molecule has 0 radical (unpaired) electrons. The van der Waals surface area contributed by atoms with Crippen molar-refractivity contribution >= 4 is 22.6 Å². The zero-order valence-electron chi connectivity index (χ0n) is 10.4. The predicted octanol–water partition coefficient (Wildman–Crippen LogP) is 3.02. The second-order valence-electron chi connectivity index (χ2n) is 4.18. The first-order valence-electron chi connectivity index (χ1n) is 6.02. The number of aromatic nitrogens is 2. The van der Waals surface area contributed by atoms with Gasteiger partial charge >= 0.3 is 0 Å². The Morgan fingerprint density at radius 1 is 1.05 bits per heavy atom. The summed E-state index contributed by atoms with van der Waals surface area (Å²) in [6.45, 7) is 0. The zero-order valence-corrected chi connectivity index (χ0v) is 10.4. The average Bonchev–Trinajstić information content (AvgIpc) is 2.46. The summed E-state index contributed by atoms with van der Waals surface area (Å²) in [7, 11) is 0. The Labute approximate surface area is 114 Å². The van der Waals surface area contributed by atoms with Crippen molar-refractivity contribution < 1.29 is 9.18 Å². The Bertz CT molecular complexity index is 783. The number of nitrogens with one attached hydrogen (secondary N) is 1. The zero-order chi connectivity index (χ0) is 13.9. The number of hydrogen-bond donors (Lipinski definition) is 1. The molecule has 0 spiro atoms. The molecule has 2 aromatic heterocycles. The minimum Gasteiger partial charge on any atom is -0.306 e. The van der Waals surface area contributed by atoms with Gasteiger partial charge in [0, 0.05) is 17.1 Å². The number of pyridine rings is 2. The average molecular weight is 267 g/mol. The first kappa shape index (κ1) is 12.2. The lowest BCUT2D eigenvalue weighted by molar-refractivity contribution is 0.102. The lowest BCUT2D eigenvalue weighted by Gasteiger charge is -2.07. The maximum absolute atomic E-state index is 13.0. The molecule has 0 aliphatic heterocycles. The molecule has 0 aliphatic rings. The summed E-state index contributed by atoms with van der Waals surface area (Å²) in [4.78, 5) is 20.0. The number of fused-ring (bicyclic) bond motifs is 1. The van der Waals surface area contributed by atoms with Crippen LogP contribution in [0, 0.1) is 5.95 Å². The second-order valence-corrected chi connectivity index (χ2v) is 4.18. The topological polar surface area (TPSA) is 54.9 Å². The molecule has 0 bridgehead atoms. The van der Waals surface area contributed by atoms with E-state index in [2.05, 4.69) is 15.3 Å². The highest BCUT2D eigenvalue weighted by Gasteiger charge is 2.11. The second kappa shape index (κ2) is 5.05. The van der Waals surface area contributed by atoms with Gasteiger partial charge in [0.25, 0.3) is 5.91 Å². The third-order valence-electron chi connectivity index (χ3n) is 2.85. The van der Waals surface area contributed by atoms with E-state index in [4.69, 9.17) is 0 Å². The number of rotatable bonds is 2. The molecular weight excluding hydrogens is 257 g/mol. The van der Waals surface area contributed by atoms with E-state index in [0.29, 0.717) is 5.56 Å². The molecule has 0 unspecified atom stereocenters. The molecule has 0 saturated carbocycles. The van der Waals surface area contributed by atoms with Gasteiger partial charge < -0.3 is 5.32 Å². The third kappa shape index (κ3) is 2.33. The molecule has 0 aliphatic carbocycles. The summed E-state index contributed by atoms with van der Waals surface area (Å²) in [5.74, 6) is -0.806. The molecule has 3 aromatic rings. The van der Waals surface area contributed by atoms with Gasteiger partial charge in [0.15, 0.2) is 0 Å². The van der Waals surface area contributed by atoms with Crippen LogP contribution in [0.15, 0.2) is 54.7 Å². The number of halogens is 1. The molecule has 5 heteroatoms. The predicted molar refractivity (Wildman–Crippen MR) is 73.9 cm³/mol. The quantitative estimate of drug-likeness (QED) is 0.726. The Morgan fingerprint density at radius 2 is 1.90 bits per heavy atom. The van der Waals surface area contributed by atoms with Gasteiger partial charge in [0.05, 0.1) is 5.52 Å². The van der Waals surface area contributed by atoms with E-state index in [0.717, 1.165) is 10.9 Å². The normalized spacial score (nSPS) is 10.4. The molecule has 0 atom stereocenters. The molecule has 0 fully saturated rings. The molecule has 98 valence electrons.